The van der Waals surface area contributed by atoms with Gasteiger partial charge in [0.25, 0.3) is 5.00 Å². The summed E-state index contributed by atoms with van der Waals surface area (Å²) in [6.45, 7) is 1.36. The molecular weight excluding hydrogens is 325 g/mol. The molecule has 0 aromatic heterocycles. The standard InChI is InChI=1S/C15H19ClNO4P/c1-15(16,14(18)20-12-8-4-2-5-9-12)17-22(19)21-13-10-6-3-7-11-13/h3,6-7,10-12H,2,4-5,8-9H2,1H3/t15-/m0/s1. The number of carbonyl (C=O) groups is 1. The third-order valence-corrected chi connectivity index (χ3v) is 4.68. The average Bonchev–Trinajstić information content (AvgIpc) is 2.48. The van der Waals surface area contributed by atoms with Gasteiger partial charge in [-0.3, -0.25) is 4.52 Å². The third-order valence-electron chi connectivity index (χ3n) is 3.39. The Morgan fingerprint density at radius 3 is 2.59 bits per heavy atom. The lowest BCUT2D eigenvalue weighted by molar-refractivity contribution is -0.170. The Morgan fingerprint density at radius 1 is 1.32 bits per heavy atom. The summed E-state index contributed by atoms with van der Waals surface area (Å²) in [6, 6.07) is 8.60. The zero-order valence-electron chi connectivity index (χ0n) is 12.4. The first-order valence-electron chi connectivity index (χ1n) is 7.30. The van der Waals surface area contributed by atoms with Crippen molar-refractivity contribution >= 4 is 25.7 Å². The summed E-state index contributed by atoms with van der Waals surface area (Å²) in [6.07, 6.45) is 4.80. The fourth-order valence-corrected chi connectivity index (χ4v) is 3.19. The van der Waals surface area contributed by atoms with Crippen LogP contribution in [0.1, 0.15) is 39.0 Å². The number of halogens is 1. The van der Waals surface area contributed by atoms with Crippen molar-refractivity contribution in [3.05, 3.63) is 30.3 Å². The Labute approximate surface area is 136 Å². The molecule has 1 fully saturated rings. The Morgan fingerprint density at radius 2 is 1.95 bits per heavy atom. The molecule has 1 aliphatic rings. The SMILES string of the molecule is C[C@](Cl)(N=[P+]([O-])Oc1ccccc1)C(=O)OC1CCCCC1. The molecule has 2 rings (SSSR count). The molecule has 1 unspecified atom stereocenters. The van der Waals surface area contributed by atoms with Gasteiger partial charge < -0.3 is 9.63 Å². The van der Waals surface area contributed by atoms with Crippen molar-refractivity contribution < 1.29 is 18.9 Å². The van der Waals surface area contributed by atoms with Gasteiger partial charge in [-0.25, -0.2) is 4.79 Å². The Balaban J connectivity index is 1.95. The highest BCUT2D eigenvalue weighted by Gasteiger charge is 2.38. The summed E-state index contributed by atoms with van der Waals surface area (Å²) in [5.41, 5.74) is 0. The second kappa shape index (κ2) is 7.91. The van der Waals surface area contributed by atoms with Crippen LogP contribution in [-0.2, 0) is 9.53 Å². The van der Waals surface area contributed by atoms with E-state index in [1.54, 1.807) is 24.3 Å². The average molecular weight is 344 g/mol. The van der Waals surface area contributed by atoms with Crippen molar-refractivity contribution in [3.8, 4) is 5.75 Å². The molecule has 0 aliphatic heterocycles. The maximum Gasteiger partial charge on any atom is 0.396 e. The number of rotatable bonds is 5. The van der Waals surface area contributed by atoms with Crippen LogP contribution in [0.2, 0.25) is 0 Å². The molecule has 22 heavy (non-hydrogen) atoms. The molecule has 0 saturated heterocycles. The number of benzene rings is 1. The van der Waals surface area contributed by atoms with Crippen LogP contribution in [0.4, 0.5) is 0 Å². The first-order chi connectivity index (χ1) is 10.5. The van der Waals surface area contributed by atoms with E-state index >= 15 is 0 Å². The van der Waals surface area contributed by atoms with Crippen molar-refractivity contribution in [3.63, 3.8) is 0 Å². The minimum Gasteiger partial charge on any atom is -0.575 e. The maximum absolute atomic E-state index is 12.1. The van der Waals surface area contributed by atoms with Gasteiger partial charge in [-0.15, -0.1) is 0 Å². The molecular formula is C15H19ClNO4P. The van der Waals surface area contributed by atoms with Gasteiger partial charge in [-0.2, -0.15) is 0 Å². The lowest BCUT2D eigenvalue weighted by atomic mass is 9.98. The molecule has 0 amide bonds. The Hall–Kier alpha value is -1.16. The second-order valence-electron chi connectivity index (χ2n) is 5.36. The molecule has 120 valence electrons. The predicted octanol–water partition coefficient (Wildman–Crippen LogP) is 3.75. The van der Waals surface area contributed by atoms with E-state index in [9.17, 15) is 9.69 Å². The molecule has 0 radical (unpaired) electrons. The second-order valence-corrected chi connectivity index (χ2v) is 6.96. The first kappa shape index (κ1) is 17.2. The molecule has 1 aliphatic carbocycles. The molecule has 0 N–H and O–H groups in total. The summed E-state index contributed by atoms with van der Waals surface area (Å²) in [5, 5.41) is 0. The third kappa shape index (κ3) is 5.24. The van der Waals surface area contributed by atoms with Crippen LogP contribution < -0.4 is 9.42 Å². The van der Waals surface area contributed by atoms with Crippen LogP contribution >= 0.6 is 19.8 Å². The van der Waals surface area contributed by atoms with Gasteiger partial charge in [0.15, 0.2) is 5.75 Å². The summed E-state index contributed by atoms with van der Waals surface area (Å²) in [4.78, 5) is 22.3. The zero-order valence-corrected chi connectivity index (χ0v) is 14.1. The highest BCUT2D eigenvalue weighted by Crippen LogP contribution is 2.31. The van der Waals surface area contributed by atoms with Gasteiger partial charge in [-0.1, -0.05) is 36.2 Å². The fourth-order valence-electron chi connectivity index (χ4n) is 2.23. The Bertz CT molecular complexity index is 530. The molecule has 1 saturated carbocycles. The van der Waals surface area contributed by atoms with E-state index < -0.39 is 19.1 Å². The van der Waals surface area contributed by atoms with E-state index in [-0.39, 0.29) is 6.10 Å². The largest absolute Gasteiger partial charge is 0.575 e. The number of nitrogens with zero attached hydrogens (tertiary/aromatic N) is 1. The number of carbonyl (C=O) groups excluding carboxylic acids is 1. The predicted molar refractivity (Wildman–Crippen MR) is 83.6 cm³/mol. The van der Waals surface area contributed by atoms with Crippen LogP contribution in [-0.4, -0.2) is 17.1 Å². The molecule has 2 atom stereocenters. The minimum absolute atomic E-state index is 0.123. The number of alkyl halides is 1. The quantitative estimate of drug-likeness (QED) is 0.353. The number of hydrogen-bond donors (Lipinski definition) is 0. The molecule has 1 aromatic rings. The van der Waals surface area contributed by atoms with E-state index in [1.165, 1.54) is 6.92 Å². The van der Waals surface area contributed by atoms with E-state index in [2.05, 4.69) is 4.74 Å². The van der Waals surface area contributed by atoms with Crippen molar-refractivity contribution in [2.24, 2.45) is 4.74 Å². The Kier molecular flexibility index (Phi) is 6.18. The van der Waals surface area contributed by atoms with Crippen LogP contribution in [0.3, 0.4) is 0 Å². The summed E-state index contributed by atoms with van der Waals surface area (Å²) < 4.78 is 14.2. The molecule has 0 bridgehead atoms. The van der Waals surface area contributed by atoms with Crippen LogP contribution in [0.5, 0.6) is 5.75 Å². The van der Waals surface area contributed by atoms with Crippen molar-refractivity contribution in [2.75, 3.05) is 0 Å². The summed E-state index contributed by atoms with van der Waals surface area (Å²) >= 11 is 6.06. The topological polar surface area (TPSA) is 71.0 Å². The van der Waals surface area contributed by atoms with Crippen molar-refractivity contribution in [1.82, 2.24) is 0 Å². The lowest BCUT2D eigenvalue weighted by Gasteiger charge is -2.24. The highest BCUT2D eigenvalue weighted by atomic mass is 35.5. The molecule has 7 heteroatoms. The highest BCUT2D eigenvalue weighted by molar-refractivity contribution is 7.34. The summed E-state index contributed by atoms with van der Waals surface area (Å²) in [5.74, 6) is -0.276. The molecule has 5 nitrogen and oxygen atoms in total. The number of ether oxygens (including phenoxy) is 1. The van der Waals surface area contributed by atoms with Crippen LogP contribution in [0.25, 0.3) is 0 Å². The number of esters is 1. The van der Waals surface area contributed by atoms with Gasteiger partial charge in [0.1, 0.15) is 6.10 Å². The fraction of sp³-hybridized carbons (Fsp3) is 0.533. The van der Waals surface area contributed by atoms with Gasteiger partial charge in [-0.05, 0) is 49.5 Å². The van der Waals surface area contributed by atoms with Gasteiger partial charge in [0.05, 0.1) is 0 Å². The van der Waals surface area contributed by atoms with E-state index in [1.807, 2.05) is 6.07 Å². The normalized spacial score (nSPS) is 19.3. The van der Waals surface area contributed by atoms with E-state index in [0.717, 1.165) is 32.1 Å². The number of hydrogen-bond acceptors (Lipinski definition) is 5. The monoisotopic (exact) mass is 343 g/mol. The smallest absolute Gasteiger partial charge is 0.396 e. The van der Waals surface area contributed by atoms with Gasteiger partial charge in [0.2, 0.25) is 0 Å². The first-order valence-corrected chi connectivity index (χ1v) is 8.81. The van der Waals surface area contributed by atoms with E-state index in [4.69, 9.17) is 20.9 Å². The molecule has 1 aromatic carbocycles. The lowest BCUT2D eigenvalue weighted by Crippen LogP contribution is -2.33. The van der Waals surface area contributed by atoms with Crippen LogP contribution in [0.15, 0.2) is 35.1 Å². The minimum atomic E-state index is -2.46. The number of para-hydroxylation sites is 1. The van der Waals surface area contributed by atoms with Gasteiger partial charge in [0, 0.05) is 0 Å². The molecule has 0 heterocycles. The maximum atomic E-state index is 12.1. The van der Waals surface area contributed by atoms with Crippen molar-refractivity contribution in [2.45, 2.75) is 50.1 Å². The van der Waals surface area contributed by atoms with Crippen LogP contribution in [0, 0.1) is 0 Å². The van der Waals surface area contributed by atoms with Crippen molar-refractivity contribution in [1.29, 1.82) is 0 Å². The van der Waals surface area contributed by atoms with E-state index in [0.29, 0.717) is 5.75 Å². The molecule has 0 spiro atoms. The van der Waals surface area contributed by atoms with Gasteiger partial charge >= 0.3 is 14.1 Å². The zero-order chi connectivity index (χ0) is 16.0. The summed E-state index contributed by atoms with van der Waals surface area (Å²) in [7, 11) is -2.46.